The standard InChI is InChI=1S/C33H48N6O3/c1-23-15-18-37(24(2)20-23)22-28(34)31(41)38(19-16-26-12-9-8-10-13-26)21-27-14-11-17-39(27)32(42)29(33(4,5)6)36-30(40)25(3)35-7/h8-10,12-13,15,18,20,22,25,27,29,35H,2,11,14,16-17,19,21,34H2,1,3-7H3,(H,36,40)/b28-22-/t25-,27-,29+/m0/s1. The van der Waals surface area contributed by atoms with E-state index in [9.17, 15) is 14.4 Å². The fourth-order valence-corrected chi connectivity index (χ4v) is 5.16. The fraction of sp³-hybridized carbons (Fsp3) is 0.485. The zero-order valence-electron chi connectivity index (χ0n) is 26.0. The minimum absolute atomic E-state index is 0.0959. The number of nitrogens with one attached hydrogen (secondary N) is 2. The van der Waals surface area contributed by atoms with E-state index in [0.29, 0.717) is 26.1 Å². The molecule has 1 fully saturated rings. The summed E-state index contributed by atoms with van der Waals surface area (Å²) in [5.41, 5.74) is 8.88. The normalized spacial score (nSPS) is 18.9. The van der Waals surface area contributed by atoms with Gasteiger partial charge in [0.15, 0.2) is 0 Å². The van der Waals surface area contributed by atoms with Crippen LogP contribution < -0.4 is 16.4 Å². The second kappa shape index (κ2) is 14.4. The lowest BCUT2D eigenvalue weighted by atomic mass is 9.85. The number of carbonyl (C=O) groups is 3. The molecule has 4 N–H and O–H groups in total. The highest BCUT2D eigenvalue weighted by atomic mass is 16.2. The molecule has 42 heavy (non-hydrogen) atoms. The monoisotopic (exact) mass is 576 g/mol. The molecular weight excluding hydrogens is 528 g/mol. The summed E-state index contributed by atoms with van der Waals surface area (Å²) < 4.78 is 0. The van der Waals surface area contributed by atoms with Gasteiger partial charge in [-0.3, -0.25) is 14.4 Å². The average molecular weight is 577 g/mol. The van der Waals surface area contributed by atoms with Crippen molar-refractivity contribution in [3.63, 3.8) is 0 Å². The van der Waals surface area contributed by atoms with Gasteiger partial charge in [0.05, 0.1) is 6.04 Å². The summed E-state index contributed by atoms with van der Waals surface area (Å²) >= 11 is 0. The van der Waals surface area contributed by atoms with Crippen molar-refractivity contribution in [2.75, 3.05) is 26.7 Å². The highest BCUT2D eigenvalue weighted by Crippen LogP contribution is 2.27. The predicted molar refractivity (Wildman–Crippen MR) is 168 cm³/mol. The summed E-state index contributed by atoms with van der Waals surface area (Å²) in [6.07, 6.45) is 9.53. The molecule has 1 saturated heterocycles. The quantitative estimate of drug-likeness (QED) is 0.349. The molecule has 0 saturated carbocycles. The van der Waals surface area contributed by atoms with Crippen LogP contribution >= 0.6 is 0 Å². The van der Waals surface area contributed by atoms with Gasteiger partial charge < -0.3 is 31.1 Å². The number of nitrogens with zero attached hydrogens (tertiary/aromatic N) is 3. The van der Waals surface area contributed by atoms with Crippen LogP contribution in [0.1, 0.15) is 53.0 Å². The van der Waals surface area contributed by atoms with Gasteiger partial charge in [0, 0.05) is 43.8 Å². The van der Waals surface area contributed by atoms with Crippen LogP contribution in [0, 0.1) is 5.41 Å². The Labute approximate surface area is 251 Å². The first kappa shape index (κ1) is 32.7. The molecule has 0 unspecified atom stereocenters. The molecule has 2 aliphatic rings. The van der Waals surface area contributed by atoms with E-state index in [1.54, 1.807) is 30.0 Å². The van der Waals surface area contributed by atoms with E-state index in [2.05, 4.69) is 17.2 Å². The van der Waals surface area contributed by atoms with Gasteiger partial charge in [-0.25, -0.2) is 0 Å². The Morgan fingerprint density at radius 2 is 1.90 bits per heavy atom. The fourth-order valence-electron chi connectivity index (χ4n) is 5.16. The van der Waals surface area contributed by atoms with Gasteiger partial charge >= 0.3 is 0 Å². The molecule has 1 aromatic carbocycles. The molecule has 3 rings (SSSR count). The van der Waals surface area contributed by atoms with Gasteiger partial charge in [-0.2, -0.15) is 0 Å². The maximum Gasteiger partial charge on any atom is 0.271 e. The average Bonchev–Trinajstić information content (AvgIpc) is 3.42. The van der Waals surface area contributed by atoms with E-state index < -0.39 is 17.5 Å². The Kier molecular flexibility index (Phi) is 11.2. The number of hydrogen-bond acceptors (Lipinski definition) is 6. The van der Waals surface area contributed by atoms with Crippen LogP contribution in [0.2, 0.25) is 0 Å². The number of carbonyl (C=O) groups excluding carboxylic acids is 3. The lowest BCUT2D eigenvalue weighted by Gasteiger charge is -2.37. The molecular formula is C33H48N6O3. The van der Waals surface area contributed by atoms with Crippen molar-refractivity contribution in [3.8, 4) is 0 Å². The number of nitrogens with two attached hydrogens (primary N) is 1. The van der Waals surface area contributed by atoms with Crippen molar-refractivity contribution in [3.05, 3.63) is 84.0 Å². The maximum atomic E-state index is 14.0. The summed E-state index contributed by atoms with van der Waals surface area (Å²) in [6, 6.07) is 8.67. The summed E-state index contributed by atoms with van der Waals surface area (Å²) in [6.45, 7) is 15.0. The van der Waals surface area contributed by atoms with Crippen LogP contribution in [0.4, 0.5) is 0 Å². The lowest BCUT2D eigenvalue weighted by Crippen LogP contribution is -2.59. The maximum absolute atomic E-state index is 14.0. The number of likely N-dealkylation sites (tertiary alicyclic amines) is 1. The van der Waals surface area contributed by atoms with Gasteiger partial charge in [0.2, 0.25) is 11.8 Å². The van der Waals surface area contributed by atoms with E-state index in [0.717, 1.165) is 29.7 Å². The molecule has 3 amide bonds. The van der Waals surface area contributed by atoms with Crippen LogP contribution in [0.5, 0.6) is 0 Å². The zero-order chi connectivity index (χ0) is 31.0. The second-order valence-electron chi connectivity index (χ2n) is 12.3. The zero-order valence-corrected chi connectivity index (χ0v) is 26.0. The smallest absolute Gasteiger partial charge is 0.271 e. The van der Waals surface area contributed by atoms with E-state index in [4.69, 9.17) is 5.73 Å². The van der Waals surface area contributed by atoms with Gasteiger partial charge in [-0.15, -0.1) is 0 Å². The van der Waals surface area contributed by atoms with Gasteiger partial charge in [-0.1, -0.05) is 57.7 Å². The van der Waals surface area contributed by atoms with Crippen molar-refractivity contribution in [1.29, 1.82) is 0 Å². The molecule has 228 valence electrons. The Balaban J connectivity index is 1.83. The first-order chi connectivity index (χ1) is 19.8. The van der Waals surface area contributed by atoms with Gasteiger partial charge in [0.1, 0.15) is 11.7 Å². The number of amides is 3. The first-order valence-corrected chi connectivity index (χ1v) is 14.7. The number of rotatable bonds is 11. The lowest BCUT2D eigenvalue weighted by molar-refractivity contribution is -0.141. The van der Waals surface area contributed by atoms with Gasteiger partial charge in [0.25, 0.3) is 5.91 Å². The molecule has 9 nitrogen and oxygen atoms in total. The summed E-state index contributed by atoms with van der Waals surface area (Å²) in [5, 5.41) is 5.91. The Morgan fingerprint density at radius 1 is 1.21 bits per heavy atom. The molecule has 2 heterocycles. The van der Waals surface area contributed by atoms with Gasteiger partial charge in [-0.05, 0) is 68.9 Å². The van der Waals surface area contributed by atoms with Crippen molar-refractivity contribution in [2.24, 2.45) is 11.1 Å². The van der Waals surface area contributed by atoms with Crippen molar-refractivity contribution in [2.45, 2.75) is 72.0 Å². The van der Waals surface area contributed by atoms with E-state index in [1.807, 2.05) is 81.3 Å². The van der Waals surface area contributed by atoms with E-state index >= 15 is 0 Å². The minimum Gasteiger partial charge on any atom is -0.393 e. The molecule has 0 aromatic heterocycles. The summed E-state index contributed by atoms with van der Waals surface area (Å²) in [4.78, 5) is 45.8. The predicted octanol–water partition coefficient (Wildman–Crippen LogP) is 3.28. The topological polar surface area (TPSA) is 111 Å². The summed E-state index contributed by atoms with van der Waals surface area (Å²) in [7, 11) is 1.71. The first-order valence-electron chi connectivity index (χ1n) is 14.7. The minimum atomic E-state index is -0.701. The SMILES string of the molecule is C=C1C=C(C)C=CN1/C=C(\N)C(=O)N(CCc1ccccc1)C[C@@H]1CCCN1C(=O)[C@@H](NC(=O)[C@H](C)NC)C(C)(C)C. The highest BCUT2D eigenvalue weighted by molar-refractivity contribution is 5.93. The largest absolute Gasteiger partial charge is 0.393 e. The van der Waals surface area contributed by atoms with Crippen molar-refractivity contribution < 1.29 is 14.4 Å². The molecule has 0 spiro atoms. The molecule has 1 aromatic rings. The van der Waals surface area contributed by atoms with Crippen molar-refractivity contribution >= 4 is 17.7 Å². The molecule has 9 heteroatoms. The molecule has 0 aliphatic carbocycles. The van der Waals surface area contributed by atoms with Crippen LogP contribution in [0.15, 0.2) is 78.4 Å². The second-order valence-corrected chi connectivity index (χ2v) is 12.3. The Bertz CT molecular complexity index is 1230. The number of benzene rings is 1. The Hall–Kier alpha value is -3.85. The van der Waals surface area contributed by atoms with E-state index in [-0.39, 0.29) is 29.5 Å². The van der Waals surface area contributed by atoms with E-state index in [1.165, 1.54) is 0 Å². The third-order valence-electron chi connectivity index (χ3n) is 7.87. The van der Waals surface area contributed by atoms with Crippen LogP contribution in [-0.2, 0) is 20.8 Å². The third kappa shape index (κ3) is 8.58. The van der Waals surface area contributed by atoms with Crippen molar-refractivity contribution in [1.82, 2.24) is 25.3 Å². The number of hydrogen-bond donors (Lipinski definition) is 3. The molecule has 0 bridgehead atoms. The molecule has 0 radical (unpaired) electrons. The van der Waals surface area contributed by atoms with Crippen LogP contribution in [-0.4, -0.2) is 77.2 Å². The summed E-state index contributed by atoms with van der Waals surface area (Å²) in [5.74, 6) is -0.642. The number of likely N-dealkylation sites (N-methyl/N-ethyl adjacent to an activating group) is 1. The molecule has 3 atom stereocenters. The third-order valence-corrected chi connectivity index (χ3v) is 7.87. The van der Waals surface area contributed by atoms with Crippen LogP contribution in [0.3, 0.4) is 0 Å². The number of allylic oxidation sites excluding steroid dienone is 3. The van der Waals surface area contributed by atoms with Crippen LogP contribution in [0.25, 0.3) is 0 Å². The highest BCUT2D eigenvalue weighted by Gasteiger charge is 2.40. The Morgan fingerprint density at radius 3 is 2.52 bits per heavy atom. The molecule has 2 aliphatic heterocycles.